The quantitative estimate of drug-likeness (QED) is 0.152. The minimum atomic E-state index is -0.373. The molecule has 136 valence electrons. The third kappa shape index (κ3) is 7.82. The van der Waals surface area contributed by atoms with E-state index in [2.05, 4.69) is 32.5 Å². The molecule has 0 unspecified atom stereocenters. The lowest BCUT2D eigenvalue weighted by atomic mass is 10.1. The van der Waals surface area contributed by atoms with E-state index in [1.54, 1.807) is 30.5 Å². The first-order valence-corrected chi connectivity index (χ1v) is 8.82. The lowest BCUT2D eigenvalue weighted by molar-refractivity contribution is -0.384. The molecule has 25 heavy (non-hydrogen) atoms. The average molecular weight is 474 g/mol. The molecule has 2 rings (SSSR count). The minimum Gasteiger partial charge on any atom is -0.356 e. The molecule has 0 radical (unpaired) electrons. The fourth-order valence-electron chi connectivity index (χ4n) is 2.24. The summed E-state index contributed by atoms with van der Waals surface area (Å²) in [5.41, 5.74) is 2.52. The van der Waals surface area contributed by atoms with Gasteiger partial charge in [-0.15, -0.1) is 24.0 Å². The standard InChI is InChI=1S/C17H22N4O2S.HI/c1-18-17(20-12-15-9-11-24-13-15)19-10-3-2-4-14-5-7-16(8-6-14)21(22)23;/h5-9,11,13H,2-4,10,12H2,1H3,(H2,18,19,20);1H. The molecule has 0 saturated carbocycles. The van der Waals surface area contributed by atoms with E-state index in [0.717, 1.165) is 43.9 Å². The Balaban J connectivity index is 0.00000312. The molecule has 0 saturated heterocycles. The zero-order valence-electron chi connectivity index (χ0n) is 14.1. The van der Waals surface area contributed by atoms with Crippen molar-refractivity contribution < 1.29 is 4.92 Å². The largest absolute Gasteiger partial charge is 0.356 e. The van der Waals surface area contributed by atoms with Gasteiger partial charge in [0.15, 0.2) is 5.96 Å². The number of aryl methyl sites for hydroxylation is 1. The van der Waals surface area contributed by atoms with Crippen LogP contribution in [0, 0.1) is 10.1 Å². The molecular weight excluding hydrogens is 451 g/mol. The van der Waals surface area contributed by atoms with Gasteiger partial charge in [-0.25, -0.2) is 0 Å². The molecule has 1 aromatic carbocycles. The van der Waals surface area contributed by atoms with Crippen LogP contribution in [0.5, 0.6) is 0 Å². The van der Waals surface area contributed by atoms with Crippen LogP contribution in [0.1, 0.15) is 24.0 Å². The van der Waals surface area contributed by atoms with E-state index in [1.807, 2.05) is 12.1 Å². The highest BCUT2D eigenvalue weighted by Gasteiger charge is 2.03. The summed E-state index contributed by atoms with van der Waals surface area (Å²) >= 11 is 1.69. The number of non-ortho nitro benzene ring substituents is 1. The summed E-state index contributed by atoms with van der Waals surface area (Å²) in [7, 11) is 1.76. The van der Waals surface area contributed by atoms with E-state index < -0.39 is 0 Å². The predicted molar refractivity (Wildman–Crippen MR) is 114 cm³/mol. The fraction of sp³-hybridized carbons (Fsp3) is 0.353. The van der Waals surface area contributed by atoms with Gasteiger partial charge >= 0.3 is 0 Å². The molecule has 2 aromatic rings. The van der Waals surface area contributed by atoms with Crippen molar-refractivity contribution >= 4 is 47.0 Å². The number of nitro benzene ring substituents is 1. The summed E-state index contributed by atoms with van der Waals surface area (Å²) < 4.78 is 0. The van der Waals surface area contributed by atoms with Crippen molar-refractivity contribution in [1.29, 1.82) is 0 Å². The van der Waals surface area contributed by atoms with Gasteiger partial charge in [0, 0.05) is 32.3 Å². The number of guanidine groups is 1. The summed E-state index contributed by atoms with van der Waals surface area (Å²) in [5.74, 6) is 0.802. The first kappa shape index (κ1) is 21.4. The second-order valence-electron chi connectivity index (χ2n) is 5.36. The number of nitrogens with one attached hydrogen (secondary N) is 2. The van der Waals surface area contributed by atoms with Gasteiger partial charge < -0.3 is 10.6 Å². The Morgan fingerprint density at radius 2 is 1.92 bits per heavy atom. The highest BCUT2D eigenvalue weighted by Crippen LogP contribution is 2.13. The van der Waals surface area contributed by atoms with Gasteiger partial charge in [-0.1, -0.05) is 12.1 Å². The van der Waals surface area contributed by atoms with Gasteiger partial charge in [0.25, 0.3) is 5.69 Å². The van der Waals surface area contributed by atoms with Crippen LogP contribution >= 0.6 is 35.3 Å². The van der Waals surface area contributed by atoms with Crippen LogP contribution in [0.4, 0.5) is 5.69 Å². The molecule has 1 aromatic heterocycles. The van der Waals surface area contributed by atoms with Crippen molar-refractivity contribution in [3.8, 4) is 0 Å². The fourth-order valence-corrected chi connectivity index (χ4v) is 2.91. The molecule has 0 bridgehead atoms. The van der Waals surface area contributed by atoms with Gasteiger partial charge in [0.1, 0.15) is 0 Å². The van der Waals surface area contributed by atoms with Crippen molar-refractivity contribution in [1.82, 2.24) is 10.6 Å². The van der Waals surface area contributed by atoms with E-state index >= 15 is 0 Å². The Morgan fingerprint density at radius 3 is 2.52 bits per heavy atom. The summed E-state index contributed by atoms with van der Waals surface area (Å²) in [6, 6.07) is 8.86. The molecule has 6 nitrogen and oxygen atoms in total. The van der Waals surface area contributed by atoms with Crippen molar-refractivity contribution in [3.63, 3.8) is 0 Å². The summed E-state index contributed by atoms with van der Waals surface area (Å²) in [5, 5.41) is 21.4. The number of benzene rings is 1. The topological polar surface area (TPSA) is 79.6 Å². The molecule has 1 heterocycles. The van der Waals surface area contributed by atoms with Crippen LogP contribution in [0.25, 0.3) is 0 Å². The molecule has 0 aliphatic heterocycles. The van der Waals surface area contributed by atoms with E-state index in [0.29, 0.717) is 0 Å². The SMILES string of the molecule is CN=C(NCCCCc1ccc([N+](=O)[O-])cc1)NCc1ccsc1.I. The highest BCUT2D eigenvalue weighted by molar-refractivity contribution is 14.0. The number of thiophene rings is 1. The van der Waals surface area contributed by atoms with Crippen molar-refractivity contribution in [3.05, 3.63) is 62.3 Å². The number of nitro groups is 1. The van der Waals surface area contributed by atoms with Gasteiger partial charge in [0.2, 0.25) is 0 Å². The van der Waals surface area contributed by atoms with E-state index in [9.17, 15) is 10.1 Å². The molecule has 0 aliphatic rings. The Hall–Kier alpha value is -1.68. The normalized spacial score (nSPS) is 10.8. The lowest BCUT2D eigenvalue weighted by Crippen LogP contribution is -2.37. The maximum Gasteiger partial charge on any atom is 0.269 e. The molecular formula is C17H23IN4O2S. The number of rotatable bonds is 8. The first-order chi connectivity index (χ1) is 11.7. The van der Waals surface area contributed by atoms with Gasteiger partial charge in [-0.2, -0.15) is 11.3 Å². The monoisotopic (exact) mass is 474 g/mol. The number of aliphatic imine (C=N–C) groups is 1. The number of unbranched alkanes of at least 4 members (excludes halogenated alkanes) is 1. The maximum absolute atomic E-state index is 10.6. The van der Waals surface area contributed by atoms with Crippen molar-refractivity contribution in [2.24, 2.45) is 4.99 Å². The summed E-state index contributed by atoms with van der Waals surface area (Å²) in [4.78, 5) is 14.4. The lowest BCUT2D eigenvalue weighted by Gasteiger charge is -2.11. The van der Waals surface area contributed by atoms with Crippen LogP contribution < -0.4 is 10.6 Å². The Morgan fingerprint density at radius 1 is 1.16 bits per heavy atom. The van der Waals surface area contributed by atoms with Crippen molar-refractivity contribution in [2.45, 2.75) is 25.8 Å². The van der Waals surface area contributed by atoms with Crippen molar-refractivity contribution in [2.75, 3.05) is 13.6 Å². The molecule has 0 amide bonds. The molecule has 2 N–H and O–H groups in total. The number of halogens is 1. The molecule has 0 fully saturated rings. The maximum atomic E-state index is 10.6. The first-order valence-electron chi connectivity index (χ1n) is 7.88. The number of hydrogen-bond acceptors (Lipinski definition) is 4. The Labute approximate surface area is 168 Å². The molecule has 0 aliphatic carbocycles. The smallest absolute Gasteiger partial charge is 0.269 e. The molecule has 8 heteroatoms. The Bertz CT molecular complexity index is 660. The number of nitrogens with zero attached hydrogens (tertiary/aromatic N) is 2. The third-order valence-corrected chi connectivity index (χ3v) is 4.33. The van der Waals surface area contributed by atoms with Crippen LogP contribution in [0.2, 0.25) is 0 Å². The zero-order valence-corrected chi connectivity index (χ0v) is 17.3. The van der Waals surface area contributed by atoms with Gasteiger partial charge in [-0.05, 0) is 47.2 Å². The van der Waals surface area contributed by atoms with E-state index in [1.165, 1.54) is 5.56 Å². The van der Waals surface area contributed by atoms with Gasteiger partial charge in [0.05, 0.1) is 4.92 Å². The summed E-state index contributed by atoms with van der Waals surface area (Å²) in [6.45, 7) is 1.61. The number of hydrogen-bond donors (Lipinski definition) is 2. The predicted octanol–water partition coefficient (Wildman–Crippen LogP) is 3.96. The second kappa shape index (κ2) is 11.8. The molecule has 0 spiro atoms. The Kier molecular flexibility index (Phi) is 10.1. The van der Waals surface area contributed by atoms with E-state index in [-0.39, 0.29) is 34.6 Å². The van der Waals surface area contributed by atoms with Crippen LogP contribution in [0.15, 0.2) is 46.1 Å². The zero-order chi connectivity index (χ0) is 17.2. The van der Waals surface area contributed by atoms with Crippen LogP contribution in [-0.4, -0.2) is 24.5 Å². The minimum absolute atomic E-state index is 0. The third-order valence-electron chi connectivity index (χ3n) is 3.60. The summed E-state index contributed by atoms with van der Waals surface area (Å²) in [6.07, 6.45) is 2.95. The van der Waals surface area contributed by atoms with E-state index in [4.69, 9.17) is 0 Å². The van der Waals surface area contributed by atoms with Crippen LogP contribution in [-0.2, 0) is 13.0 Å². The molecule has 0 atom stereocenters. The second-order valence-corrected chi connectivity index (χ2v) is 6.14. The van der Waals surface area contributed by atoms with Gasteiger partial charge in [-0.3, -0.25) is 15.1 Å². The van der Waals surface area contributed by atoms with Crippen LogP contribution in [0.3, 0.4) is 0 Å². The highest BCUT2D eigenvalue weighted by atomic mass is 127. The average Bonchev–Trinajstić information content (AvgIpc) is 3.11.